The molecule has 0 atom stereocenters. The van der Waals surface area contributed by atoms with E-state index in [1.807, 2.05) is 6.07 Å². The van der Waals surface area contributed by atoms with Crippen LogP contribution in [-0.2, 0) is 11.3 Å². The number of carbonyl (C=O) groups excluding carboxylic acids is 1. The molecule has 8 nitrogen and oxygen atoms in total. The zero-order chi connectivity index (χ0) is 15.4. The van der Waals surface area contributed by atoms with Gasteiger partial charge in [-0.1, -0.05) is 12.1 Å². The van der Waals surface area contributed by atoms with Crippen LogP contribution in [0.2, 0.25) is 0 Å². The molecule has 0 fully saturated rings. The van der Waals surface area contributed by atoms with E-state index >= 15 is 0 Å². The van der Waals surface area contributed by atoms with Crippen molar-refractivity contribution in [3.63, 3.8) is 0 Å². The molecule has 0 spiro atoms. The van der Waals surface area contributed by atoms with E-state index < -0.39 is 16.6 Å². The molecule has 0 aliphatic rings. The Balaban J connectivity index is 2.30. The molecular formula is C13H10N4O4. The van der Waals surface area contributed by atoms with Crippen molar-refractivity contribution in [1.29, 1.82) is 5.26 Å². The number of esters is 1. The van der Waals surface area contributed by atoms with Gasteiger partial charge in [0.1, 0.15) is 6.20 Å². The number of hydrogen-bond donors (Lipinski definition) is 0. The van der Waals surface area contributed by atoms with Crippen LogP contribution in [0.3, 0.4) is 0 Å². The molecule has 0 N–H and O–H groups in total. The molecule has 1 heterocycles. The van der Waals surface area contributed by atoms with Gasteiger partial charge in [-0.05, 0) is 17.7 Å². The van der Waals surface area contributed by atoms with Gasteiger partial charge in [0.05, 0.1) is 30.2 Å². The van der Waals surface area contributed by atoms with Gasteiger partial charge in [-0.15, -0.1) is 0 Å². The smallest absolute Gasteiger partial charge is 0.365 e. The molecule has 0 aliphatic carbocycles. The molecule has 106 valence electrons. The van der Waals surface area contributed by atoms with Gasteiger partial charge >= 0.3 is 11.7 Å². The number of methoxy groups -OCH3 is 1. The number of nitrogens with zero attached hydrogens (tertiary/aromatic N) is 4. The minimum absolute atomic E-state index is 0.240. The van der Waals surface area contributed by atoms with E-state index in [0.717, 1.165) is 12.7 Å². The van der Waals surface area contributed by atoms with Crippen molar-refractivity contribution in [3.05, 3.63) is 57.4 Å². The lowest BCUT2D eigenvalue weighted by Gasteiger charge is -2.01. The monoisotopic (exact) mass is 286 g/mol. The summed E-state index contributed by atoms with van der Waals surface area (Å²) in [5.41, 5.74) is 0.565. The standard InChI is InChI=1S/C13H10N4O4/c1-21-13(18)12-11(17(19)20)8-16(15-12)7-10-4-2-9(6-14)3-5-10/h2-5,8H,7H2,1H3. The summed E-state index contributed by atoms with van der Waals surface area (Å²) in [6.07, 6.45) is 1.17. The number of ether oxygens (including phenoxy) is 1. The van der Waals surface area contributed by atoms with E-state index in [1.165, 1.54) is 10.9 Å². The van der Waals surface area contributed by atoms with Crippen LogP contribution in [-0.4, -0.2) is 27.8 Å². The van der Waals surface area contributed by atoms with Crippen molar-refractivity contribution in [3.8, 4) is 6.07 Å². The first kappa shape index (κ1) is 14.2. The molecule has 2 rings (SSSR count). The second-order valence-corrected chi connectivity index (χ2v) is 4.12. The topological polar surface area (TPSA) is 111 Å². The van der Waals surface area contributed by atoms with Gasteiger partial charge in [0.2, 0.25) is 5.69 Å². The Kier molecular flexibility index (Phi) is 3.95. The van der Waals surface area contributed by atoms with Gasteiger partial charge in [-0.2, -0.15) is 10.4 Å². The van der Waals surface area contributed by atoms with Crippen molar-refractivity contribution < 1.29 is 14.5 Å². The Hall–Kier alpha value is -3.21. The fourth-order valence-electron chi connectivity index (χ4n) is 1.74. The molecule has 1 aromatic carbocycles. The first-order valence-corrected chi connectivity index (χ1v) is 5.84. The van der Waals surface area contributed by atoms with E-state index in [2.05, 4.69) is 9.84 Å². The molecular weight excluding hydrogens is 276 g/mol. The summed E-state index contributed by atoms with van der Waals surface area (Å²) in [6.45, 7) is 0.240. The van der Waals surface area contributed by atoms with Crippen LogP contribution in [0.5, 0.6) is 0 Å². The molecule has 8 heteroatoms. The first-order chi connectivity index (χ1) is 10.0. The lowest BCUT2D eigenvalue weighted by atomic mass is 10.1. The molecule has 21 heavy (non-hydrogen) atoms. The van der Waals surface area contributed by atoms with E-state index in [1.54, 1.807) is 24.3 Å². The molecule has 1 aromatic heterocycles. The van der Waals surface area contributed by atoms with Gasteiger partial charge in [0.25, 0.3) is 0 Å². The quantitative estimate of drug-likeness (QED) is 0.478. The Labute approximate surface area is 119 Å². The molecule has 2 aromatic rings. The molecule has 0 unspecified atom stereocenters. The second kappa shape index (κ2) is 5.83. The van der Waals surface area contributed by atoms with Gasteiger partial charge in [-0.25, -0.2) is 4.79 Å². The average Bonchev–Trinajstić information content (AvgIpc) is 2.91. The Morgan fingerprint density at radius 1 is 1.48 bits per heavy atom. The Bertz CT molecular complexity index is 728. The number of nitro groups is 1. The van der Waals surface area contributed by atoms with Gasteiger partial charge < -0.3 is 4.74 Å². The van der Waals surface area contributed by atoms with E-state index in [9.17, 15) is 14.9 Å². The summed E-state index contributed by atoms with van der Waals surface area (Å²) >= 11 is 0. The maximum Gasteiger partial charge on any atom is 0.365 e. The summed E-state index contributed by atoms with van der Waals surface area (Å²) < 4.78 is 5.75. The molecule has 0 amide bonds. The van der Waals surface area contributed by atoms with Gasteiger partial charge in [-0.3, -0.25) is 14.8 Å². The highest BCUT2D eigenvalue weighted by Gasteiger charge is 2.26. The van der Waals surface area contributed by atoms with Crippen molar-refractivity contribution >= 4 is 11.7 Å². The molecule has 0 saturated heterocycles. The van der Waals surface area contributed by atoms with Crippen LogP contribution in [0, 0.1) is 21.4 Å². The molecule has 0 radical (unpaired) electrons. The summed E-state index contributed by atoms with van der Waals surface area (Å²) in [6, 6.07) is 8.69. The van der Waals surface area contributed by atoms with Crippen LogP contribution in [0.1, 0.15) is 21.6 Å². The lowest BCUT2D eigenvalue weighted by molar-refractivity contribution is -0.385. The molecule has 0 bridgehead atoms. The number of carbonyl (C=O) groups is 1. The summed E-state index contributed by atoms with van der Waals surface area (Å²) in [5.74, 6) is -0.861. The first-order valence-electron chi connectivity index (χ1n) is 5.84. The fraction of sp³-hybridized carbons (Fsp3) is 0.154. The van der Waals surface area contributed by atoms with E-state index in [-0.39, 0.29) is 12.2 Å². The molecule has 0 saturated carbocycles. The number of rotatable bonds is 4. The zero-order valence-corrected chi connectivity index (χ0v) is 11.0. The van der Waals surface area contributed by atoms with Crippen molar-refractivity contribution in [2.75, 3.05) is 7.11 Å². The zero-order valence-electron chi connectivity index (χ0n) is 11.0. The maximum atomic E-state index is 11.4. The second-order valence-electron chi connectivity index (χ2n) is 4.12. The van der Waals surface area contributed by atoms with E-state index in [4.69, 9.17) is 5.26 Å². The maximum absolute atomic E-state index is 11.4. The number of hydrogen-bond acceptors (Lipinski definition) is 6. The summed E-state index contributed by atoms with van der Waals surface area (Å²) in [4.78, 5) is 21.7. The molecule has 0 aliphatic heterocycles. The highest BCUT2D eigenvalue weighted by atomic mass is 16.6. The van der Waals surface area contributed by atoms with Crippen LogP contribution >= 0.6 is 0 Å². The fourth-order valence-corrected chi connectivity index (χ4v) is 1.74. The van der Waals surface area contributed by atoms with Crippen LogP contribution < -0.4 is 0 Å². The minimum Gasteiger partial charge on any atom is -0.464 e. The van der Waals surface area contributed by atoms with Crippen LogP contribution in [0.15, 0.2) is 30.5 Å². The number of nitriles is 1. The highest BCUT2D eigenvalue weighted by molar-refractivity contribution is 5.91. The summed E-state index contributed by atoms with van der Waals surface area (Å²) in [5, 5.41) is 23.5. The predicted molar refractivity (Wildman–Crippen MR) is 70.5 cm³/mol. The van der Waals surface area contributed by atoms with Crippen molar-refractivity contribution in [1.82, 2.24) is 9.78 Å². The highest BCUT2D eigenvalue weighted by Crippen LogP contribution is 2.18. The largest absolute Gasteiger partial charge is 0.464 e. The number of aromatic nitrogens is 2. The summed E-state index contributed by atoms with van der Waals surface area (Å²) in [7, 11) is 1.13. The predicted octanol–water partition coefficient (Wildman–Crippen LogP) is 1.50. The normalized spacial score (nSPS) is 9.90. The van der Waals surface area contributed by atoms with E-state index in [0.29, 0.717) is 5.56 Å². The third kappa shape index (κ3) is 3.03. The SMILES string of the molecule is COC(=O)c1nn(Cc2ccc(C#N)cc2)cc1[N+](=O)[O-]. The third-order valence-electron chi connectivity index (χ3n) is 2.75. The van der Waals surface area contributed by atoms with Crippen molar-refractivity contribution in [2.24, 2.45) is 0 Å². The lowest BCUT2D eigenvalue weighted by Crippen LogP contribution is -2.07. The van der Waals surface area contributed by atoms with Crippen LogP contribution in [0.4, 0.5) is 5.69 Å². The third-order valence-corrected chi connectivity index (χ3v) is 2.75. The van der Waals surface area contributed by atoms with Crippen molar-refractivity contribution in [2.45, 2.75) is 6.54 Å². The van der Waals surface area contributed by atoms with Gasteiger partial charge in [0, 0.05) is 0 Å². The minimum atomic E-state index is -0.861. The Morgan fingerprint density at radius 2 is 2.14 bits per heavy atom. The number of benzene rings is 1. The average molecular weight is 286 g/mol. The van der Waals surface area contributed by atoms with Gasteiger partial charge in [0.15, 0.2) is 0 Å². The Morgan fingerprint density at radius 3 is 2.67 bits per heavy atom. The van der Waals surface area contributed by atoms with Crippen LogP contribution in [0.25, 0.3) is 0 Å².